The predicted octanol–water partition coefficient (Wildman–Crippen LogP) is 6.30. The molecule has 1 heteroatoms. The van der Waals surface area contributed by atoms with Gasteiger partial charge in [-0.15, -0.1) is 0 Å². The minimum Gasteiger partial charge on any atom is -0.201 e. The van der Waals surface area contributed by atoms with Gasteiger partial charge in [-0.2, -0.15) is 0 Å². The summed E-state index contributed by atoms with van der Waals surface area (Å²) in [7, 11) is 2.18. The van der Waals surface area contributed by atoms with Crippen LogP contribution in [-0.4, -0.2) is 0 Å². The van der Waals surface area contributed by atoms with Gasteiger partial charge in [0.05, 0.1) is 0 Å². The Labute approximate surface area is 160 Å². The van der Waals surface area contributed by atoms with E-state index in [1.54, 1.807) is 0 Å². The largest absolute Gasteiger partial charge is 0.212 e. The molecule has 1 heterocycles. The molecule has 0 radical (unpaired) electrons. The fourth-order valence-electron chi connectivity index (χ4n) is 4.61. The molecule has 0 atom stereocenters. The lowest BCUT2D eigenvalue weighted by Gasteiger charge is -2.34. The van der Waals surface area contributed by atoms with E-state index in [-0.39, 0.29) is 0 Å². The van der Waals surface area contributed by atoms with E-state index >= 15 is 0 Å². The second-order valence-corrected chi connectivity index (χ2v) is 9.92. The molecule has 140 valence electrons. The molecule has 26 heavy (non-hydrogen) atoms. The van der Waals surface area contributed by atoms with E-state index in [0.717, 1.165) is 6.42 Å². The van der Waals surface area contributed by atoms with Gasteiger partial charge in [0.15, 0.2) is 6.20 Å². The Morgan fingerprint density at radius 1 is 1.00 bits per heavy atom. The minimum atomic E-state index is 0.321. The van der Waals surface area contributed by atoms with Crippen LogP contribution in [-0.2, 0) is 18.9 Å². The average Bonchev–Trinajstić information content (AvgIpc) is 2.55. The minimum absolute atomic E-state index is 0.321. The summed E-state index contributed by atoms with van der Waals surface area (Å²) < 4.78 is 2.30. The lowest BCUT2D eigenvalue weighted by Crippen LogP contribution is -2.32. The predicted molar refractivity (Wildman–Crippen MR) is 111 cm³/mol. The summed E-state index contributed by atoms with van der Waals surface area (Å²) in [6, 6.07) is 11.8. The van der Waals surface area contributed by atoms with Crippen molar-refractivity contribution >= 4 is 0 Å². The van der Waals surface area contributed by atoms with Crippen LogP contribution < -0.4 is 4.57 Å². The van der Waals surface area contributed by atoms with Gasteiger partial charge in [-0.3, -0.25) is 0 Å². The fourth-order valence-corrected chi connectivity index (χ4v) is 4.61. The topological polar surface area (TPSA) is 3.88 Å². The summed E-state index contributed by atoms with van der Waals surface area (Å²) >= 11 is 0. The quantitative estimate of drug-likeness (QED) is 0.572. The Morgan fingerprint density at radius 3 is 2.27 bits per heavy atom. The maximum Gasteiger partial charge on any atom is 0.212 e. The highest BCUT2D eigenvalue weighted by Gasteiger charge is 2.29. The molecular weight excluding hydrogens is 314 g/mol. The molecule has 1 nitrogen and oxygen atoms in total. The Hall–Kier alpha value is -1.63. The van der Waals surface area contributed by atoms with E-state index in [4.69, 9.17) is 0 Å². The molecule has 3 rings (SSSR count). The van der Waals surface area contributed by atoms with Gasteiger partial charge in [-0.1, -0.05) is 59.1 Å². The Balaban J connectivity index is 1.90. The highest BCUT2D eigenvalue weighted by molar-refractivity contribution is 5.62. The molecule has 0 bridgehead atoms. The number of rotatable bonds is 3. The van der Waals surface area contributed by atoms with Gasteiger partial charge in [0, 0.05) is 17.2 Å². The van der Waals surface area contributed by atoms with Gasteiger partial charge in [0.2, 0.25) is 5.69 Å². The van der Waals surface area contributed by atoms with E-state index < -0.39 is 0 Å². The normalized spacial score (nSPS) is 17.3. The fraction of sp³-hybridized carbons (Fsp3) is 0.560. The zero-order chi connectivity index (χ0) is 18.9. The molecule has 0 amide bonds. The third-order valence-corrected chi connectivity index (χ3v) is 6.09. The molecule has 1 aliphatic rings. The first-order valence-electron chi connectivity index (χ1n) is 10.3. The molecule has 0 N–H and O–H groups in total. The van der Waals surface area contributed by atoms with E-state index in [9.17, 15) is 0 Å². The van der Waals surface area contributed by atoms with E-state index in [1.165, 1.54) is 60.1 Å². The van der Waals surface area contributed by atoms with Crippen molar-refractivity contribution in [3.8, 4) is 11.3 Å². The van der Waals surface area contributed by atoms with Gasteiger partial charge >= 0.3 is 0 Å². The molecule has 1 aliphatic carbocycles. The summed E-state index contributed by atoms with van der Waals surface area (Å²) in [6.45, 7) is 11.6. The van der Waals surface area contributed by atoms with Crippen molar-refractivity contribution in [1.82, 2.24) is 0 Å². The molecule has 0 aliphatic heterocycles. The number of hydrogen-bond donors (Lipinski definition) is 0. The van der Waals surface area contributed by atoms with Crippen molar-refractivity contribution in [1.29, 1.82) is 0 Å². The van der Waals surface area contributed by atoms with Crippen molar-refractivity contribution in [2.75, 3.05) is 0 Å². The summed E-state index contributed by atoms with van der Waals surface area (Å²) in [5.41, 5.74) is 7.70. The summed E-state index contributed by atoms with van der Waals surface area (Å²) in [4.78, 5) is 0. The second-order valence-electron chi connectivity index (χ2n) is 9.92. The number of pyridine rings is 1. The van der Waals surface area contributed by atoms with Gasteiger partial charge in [0.1, 0.15) is 7.05 Å². The Morgan fingerprint density at radius 2 is 1.69 bits per heavy atom. The number of aryl methyl sites for hydroxylation is 2. The zero-order valence-electron chi connectivity index (χ0n) is 17.7. The highest BCUT2D eigenvalue weighted by Crippen LogP contribution is 2.40. The second kappa shape index (κ2) is 7.18. The van der Waals surface area contributed by atoms with Gasteiger partial charge < -0.3 is 0 Å². The summed E-state index contributed by atoms with van der Waals surface area (Å²) in [5, 5.41) is 0. The maximum atomic E-state index is 2.46. The monoisotopic (exact) mass is 350 g/mol. The lowest BCUT2D eigenvalue weighted by atomic mass is 9.70. The van der Waals surface area contributed by atoms with Crippen LogP contribution >= 0.6 is 0 Å². The summed E-state index contributed by atoms with van der Waals surface area (Å²) in [6.07, 6.45) is 10.2. The molecule has 0 saturated heterocycles. The van der Waals surface area contributed by atoms with Crippen LogP contribution in [0.2, 0.25) is 0 Å². The van der Waals surface area contributed by atoms with Crippen molar-refractivity contribution < 1.29 is 4.57 Å². The van der Waals surface area contributed by atoms with Crippen LogP contribution in [0.4, 0.5) is 0 Å². The van der Waals surface area contributed by atoms with Crippen LogP contribution in [0.25, 0.3) is 11.3 Å². The van der Waals surface area contributed by atoms with E-state index in [0.29, 0.717) is 10.8 Å². The summed E-state index contributed by atoms with van der Waals surface area (Å²) in [5.74, 6) is 0. The molecule has 1 fully saturated rings. The van der Waals surface area contributed by atoms with Gasteiger partial charge in [-0.25, -0.2) is 4.57 Å². The van der Waals surface area contributed by atoms with E-state index in [2.05, 4.69) is 82.8 Å². The maximum absolute atomic E-state index is 2.46. The van der Waals surface area contributed by atoms with E-state index in [1.807, 2.05) is 0 Å². The molecule has 0 unspecified atom stereocenters. The molecule has 1 aromatic carbocycles. The van der Waals surface area contributed by atoms with Crippen LogP contribution in [0.3, 0.4) is 0 Å². The third kappa shape index (κ3) is 4.19. The number of benzene rings is 1. The van der Waals surface area contributed by atoms with Gasteiger partial charge in [-0.05, 0) is 60.3 Å². The molecule has 0 spiro atoms. The first-order valence-corrected chi connectivity index (χ1v) is 10.3. The Kier molecular flexibility index (Phi) is 5.28. The number of aromatic nitrogens is 1. The van der Waals surface area contributed by atoms with Crippen molar-refractivity contribution in [3.63, 3.8) is 0 Å². The number of nitrogens with zero attached hydrogens (tertiary/aromatic N) is 1. The van der Waals surface area contributed by atoms with Crippen molar-refractivity contribution in [3.05, 3.63) is 53.2 Å². The van der Waals surface area contributed by atoms with Crippen LogP contribution in [0, 0.1) is 12.3 Å². The SMILES string of the molecule is Cc1cc(C2(C)CCCCC2)ccc1-c1ccc(CC(C)(C)C)c[n+]1C. The lowest BCUT2D eigenvalue weighted by molar-refractivity contribution is -0.660. The van der Waals surface area contributed by atoms with Crippen LogP contribution in [0.1, 0.15) is 76.5 Å². The molecule has 2 aromatic rings. The first-order chi connectivity index (χ1) is 12.2. The zero-order valence-corrected chi connectivity index (χ0v) is 17.7. The van der Waals surface area contributed by atoms with Gasteiger partial charge in [0.25, 0.3) is 0 Å². The van der Waals surface area contributed by atoms with Crippen LogP contribution in [0.15, 0.2) is 36.5 Å². The first kappa shape index (κ1) is 19.1. The standard InChI is InChI=1S/C25H36N/c1-19-16-21(25(5)14-8-7-9-15-25)11-12-22(19)23-13-10-20(18-26(23)6)17-24(2,3)4/h10-13,16,18H,7-9,14-15,17H2,1-6H3/q+1. The Bertz CT molecular complexity index is 773. The smallest absolute Gasteiger partial charge is 0.201 e. The average molecular weight is 351 g/mol. The third-order valence-electron chi connectivity index (χ3n) is 6.09. The molecular formula is C25H36N+. The van der Waals surface area contributed by atoms with Crippen LogP contribution in [0.5, 0.6) is 0 Å². The van der Waals surface area contributed by atoms with Crippen molar-refractivity contribution in [2.45, 2.75) is 78.6 Å². The highest BCUT2D eigenvalue weighted by atomic mass is 14.9. The number of hydrogen-bond acceptors (Lipinski definition) is 0. The van der Waals surface area contributed by atoms with Crippen molar-refractivity contribution in [2.24, 2.45) is 12.5 Å². The molecule has 1 aromatic heterocycles. The molecule has 1 saturated carbocycles.